The van der Waals surface area contributed by atoms with Gasteiger partial charge in [-0.25, -0.2) is 4.79 Å². The van der Waals surface area contributed by atoms with Crippen molar-refractivity contribution in [3.63, 3.8) is 0 Å². The van der Waals surface area contributed by atoms with Crippen molar-refractivity contribution in [1.82, 2.24) is 15.0 Å². The van der Waals surface area contributed by atoms with Gasteiger partial charge in [0, 0.05) is 15.7 Å². The number of carbonyl (C=O) groups is 1. The van der Waals surface area contributed by atoms with E-state index in [1.54, 1.807) is 0 Å². The summed E-state index contributed by atoms with van der Waals surface area (Å²) in [4.78, 5) is 17.5. The Morgan fingerprint density at radius 2 is 2.00 bits per heavy atom. The molecule has 1 fully saturated rings. The monoisotopic (exact) mass is 427 g/mol. The Kier molecular flexibility index (Phi) is 3.86. The SMILES string of the molecule is CC(C)(C)C1(c2nc(-c3ccc(I)cc3)no2)CCN1C(=O)O. The summed E-state index contributed by atoms with van der Waals surface area (Å²) in [6.45, 7) is 6.47. The zero-order valence-electron chi connectivity index (χ0n) is 13.2. The summed E-state index contributed by atoms with van der Waals surface area (Å²) in [7, 11) is 0. The summed E-state index contributed by atoms with van der Waals surface area (Å²) in [6.07, 6.45) is -0.280. The molecule has 1 atom stereocenters. The van der Waals surface area contributed by atoms with Crippen molar-refractivity contribution >= 4 is 28.7 Å². The Hall–Kier alpha value is -1.64. The molecule has 1 aromatic heterocycles. The minimum absolute atomic E-state index is 0.348. The fourth-order valence-corrected chi connectivity index (χ4v) is 3.50. The third kappa shape index (κ3) is 2.50. The highest BCUT2D eigenvalue weighted by Crippen LogP contribution is 2.52. The lowest BCUT2D eigenvalue weighted by Gasteiger charge is -2.55. The van der Waals surface area contributed by atoms with E-state index in [4.69, 9.17) is 4.52 Å². The molecule has 2 heterocycles. The summed E-state index contributed by atoms with van der Waals surface area (Å²) in [6, 6.07) is 7.79. The van der Waals surface area contributed by atoms with E-state index < -0.39 is 11.6 Å². The Balaban J connectivity index is 2.03. The van der Waals surface area contributed by atoms with Gasteiger partial charge in [-0.15, -0.1) is 0 Å². The molecule has 1 amide bonds. The second kappa shape index (κ2) is 5.47. The highest BCUT2D eigenvalue weighted by Gasteiger charge is 2.60. The third-order valence-electron chi connectivity index (χ3n) is 4.51. The number of carboxylic acid groups (broad SMARTS) is 1. The lowest BCUT2D eigenvalue weighted by molar-refractivity contribution is -0.0969. The van der Waals surface area contributed by atoms with Crippen LogP contribution >= 0.6 is 22.6 Å². The van der Waals surface area contributed by atoms with E-state index in [1.165, 1.54) is 4.90 Å². The minimum atomic E-state index is -0.958. The molecule has 1 saturated heterocycles. The third-order valence-corrected chi connectivity index (χ3v) is 5.23. The maximum absolute atomic E-state index is 11.6. The minimum Gasteiger partial charge on any atom is -0.465 e. The van der Waals surface area contributed by atoms with E-state index >= 15 is 0 Å². The van der Waals surface area contributed by atoms with Crippen molar-refractivity contribution in [3.05, 3.63) is 33.7 Å². The van der Waals surface area contributed by atoms with Crippen LogP contribution in [0.25, 0.3) is 11.4 Å². The van der Waals surface area contributed by atoms with Gasteiger partial charge in [-0.3, -0.25) is 4.90 Å². The molecule has 1 aliphatic rings. The van der Waals surface area contributed by atoms with Crippen LogP contribution in [0.15, 0.2) is 28.8 Å². The Labute approximate surface area is 148 Å². The summed E-state index contributed by atoms with van der Waals surface area (Å²) >= 11 is 2.23. The van der Waals surface area contributed by atoms with Gasteiger partial charge in [0.15, 0.2) is 0 Å². The maximum atomic E-state index is 11.6. The van der Waals surface area contributed by atoms with E-state index in [0.29, 0.717) is 24.7 Å². The molecule has 122 valence electrons. The second-order valence-corrected chi connectivity index (χ2v) is 7.97. The topological polar surface area (TPSA) is 79.5 Å². The van der Waals surface area contributed by atoms with Crippen LogP contribution in [0, 0.1) is 8.99 Å². The van der Waals surface area contributed by atoms with Crippen LogP contribution in [-0.4, -0.2) is 32.8 Å². The fourth-order valence-electron chi connectivity index (χ4n) is 3.14. The first-order valence-corrected chi connectivity index (χ1v) is 8.44. The summed E-state index contributed by atoms with van der Waals surface area (Å²) in [5.41, 5.74) is -0.266. The number of nitrogens with zero attached hydrogens (tertiary/aromatic N) is 3. The highest BCUT2D eigenvalue weighted by molar-refractivity contribution is 14.1. The first-order chi connectivity index (χ1) is 10.8. The van der Waals surface area contributed by atoms with E-state index in [-0.39, 0.29) is 5.41 Å². The molecule has 0 saturated carbocycles. The molecule has 0 bridgehead atoms. The van der Waals surface area contributed by atoms with Crippen LogP contribution in [-0.2, 0) is 5.54 Å². The zero-order chi connectivity index (χ0) is 16.8. The van der Waals surface area contributed by atoms with Gasteiger partial charge in [0.1, 0.15) is 5.54 Å². The Morgan fingerprint density at radius 3 is 2.48 bits per heavy atom. The van der Waals surface area contributed by atoms with Gasteiger partial charge >= 0.3 is 6.09 Å². The molecular weight excluding hydrogens is 409 g/mol. The first-order valence-electron chi connectivity index (χ1n) is 7.36. The van der Waals surface area contributed by atoms with Gasteiger partial charge in [-0.2, -0.15) is 4.98 Å². The molecule has 1 aromatic carbocycles. The predicted molar refractivity (Wildman–Crippen MR) is 92.9 cm³/mol. The number of aromatic nitrogens is 2. The number of halogens is 1. The molecule has 0 radical (unpaired) electrons. The van der Waals surface area contributed by atoms with Gasteiger partial charge in [0.2, 0.25) is 5.82 Å². The summed E-state index contributed by atoms with van der Waals surface area (Å²) in [5.74, 6) is 0.851. The molecule has 1 N–H and O–H groups in total. The predicted octanol–water partition coefficient (Wildman–Crippen LogP) is 3.97. The van der Waals surface area contributed by atoms with E-state index in [2.05, 4.69) is 32.7 Å². The summed E-state index contributed by atoms with van der Waals surface area (Å²) < 4.78 is 6.62. The number of rotatable bonds is 2. The Morgan fingerprint density at radius 1 is 1.35 bits per heavy atom. The van der Waals surface area contributed by atoms with E-state index in [1.807, 2.05) is 45.0 Å². The summed E-state index contributed by atoms with van der Waals surface area (Å²) in [5, 5.41) is 13.5. The van der Waals surface area contributed by atoms with Gasteiger partial charge in [-0.1, -0.05) is 38.1 Å². The van der Waals surface area contributed by atoms with Crippen LogP contribution in [0.1, 0.15) is 33.1 Å². The number of hydrogen-bond acceptors (Lipinski definition) is 4. The van der Waals surface area contributed by atoms with Gasteiger partial charge in [-0.05, 0) is 46.6 Å². The molecule has 3 rings (SSSR count). The Bertz CT molecular complexity index is 736. The van der Waals surface area contributed by atoms with Crippen LogP contribution < -0.4 is 0 Å². The smallest absolute Gasteiger partial charge is 0.408 e. The second-order valence-electron chi connectivity index (χ2n) is 6.72. The lowest BCUT2D eigenvalue weighted by Crippen LogP contribution is -2.65. The highest BCUT2D eigenvalue weighted by atomic mass is 127. The molecule has 0 aliphatic carbocycles. The molecule has 2 aromatic rings. The van der Waals surface area contributed by atoms with Crippen LogP contribution in [0.2, 0.25) is 0 Å². The van der Waals surface area contributed by atoms with Gasteiger partial charge in [0.25, 0.3) is 5.89 Å². The number of amides is 1. The van der Waals surface area contributed by atoms with Crippen molar-refractivity contribution in [2.45, 2.75) is 32.7 Å². The van der Waals surface area contributed by atoms with Crippen LogP contribution in [0.4, 0.5) is 4.79 Å². The largest absolute Gasteiger partial charge is 0.465 e. The molecule has 6 nitrogen and oxygen atoms in total. The number of benzene rings is 1. The van der Waals surface area contributed by atoms with Crippen molar-refractivity contribution in [2.75, 3.05) is 6.54 Å². The molecular formula is C16H18IN3O3. The molecule has 23 heavy (non-hydrogen) atoms. The van der Waals surface area contributed by atoms with Crippen LogP contribution in [0.3, 0.4) is 0 Å². The van der Waals surface area contributed by atoms with Gasteiger partial charge < -0.3 is 9.63 Å². The number of hydrogen-bond donors (Lipinski definition) is 1. The fraction of sp³-hybridized carbons (Fsp3) is 0.438. The average molecular weight is 427 g/mol. The molecule has 1 aliphatic heterocycles. The normalized spacial score (nSPS) is 21.1. The molecule has 7 heteroatoms. The maximum Gasteiger partial charge on any atom is 0.408 e. The van der Waals surface area contributed by atoms with E-state index in [9.17, 15) is 9.90 Å². The van der Waals surface area contributed by atoms with E-state index in [0.717, 1.165) is 9.13 Å². The average Bonchev–Trinajstić information content (AvgIpc) is 2.86. The number of likely N-dealkylation sites (tertiary alicyclic amines) is 1. The van der Waals surface area contributed by atoms with Crippen molar-refractivity contribution in [3.8, 4) is 11.4 Å². The molecule has 1 unspecified atom stereocenters. The van der Waals surface area contributed by atoms with Crippen LogP contribution in [0.5, 0.6) is 0 Å². The van der Waals surface area contributed by atoms with Gasteiger partial charge in [0.05, 0.1) is 0 Å². The van der Waals surface area contributed by atoms with Crippen molar-refractivity contribution < 1.29 is 14.4 Å². The first kappa shape index (κ1) is 16.2. The van der Waals surface area contributed by atoms with Crippen molar-refractivity contribution in [1.29, 1.82) is 0 Å². The van der Waals surface area contributed by atoms with Crippen molar-refractivity contribution in [2.24, 2.45) is 5.41 Å². The molecule has 0 spiro atoms. The standard InChI is InChI=1S/C16H18IN3O3/c1-15(2,3)16(8-9-20(16)14(21)22)13-18-12(19-23-13)10-4-6-11(17)7-5-10/h4-7H,8-9H2,1-3H3,(H,21,22). The zero-order valence-corrected chi connectivity index (χ0v) is 15.4. The lowest BCUT2D eigenvalue weighted by atomic mass is 9.65. The quantitative estimate of drug-likeness (QED) is 0.734.